The molecule has 0 radical (unpaired) electrons. The molecule has 0 bridgehead atoms. The van der Waals surface area contributed by atoms with E-state index in [1.54, 1.807) is 4.90 Å². The van der Waals surface area contributed by atoms with Crippen molar-refractivity contribution in [1.29, 1.82) is 0 Å². The Hall–Kier alpha value is -2.02. The van der Waals surface area contributed by atoms with Crippen LogP contribution >= 0.6 is 0 Å². The zero-order valence-electron chi connectivity index (χ0n) is 25.3. The second-order valence-electron chi connectivity index (χ2n) is 14.1. The van der Waals surface area contributed by atoms with E-state index in [-0.39, 0.29) is 24.8 Å². The van der Waals surface area contributed by atoms with Crippen molar-refractivity contribution in [2.75, 3.05) is 13.2 Å². The SMILES string of the molecule is CC(C)(C)[Si](C)(C)O[C@H]1[C@@H]2O[C@H](c3ccccc3)OC[C@H]2N(C(=O)OCc2ccccc2)C[C@]1(O)C[Si](C)(C)C. The molecule has 0 aromatic heterocycles. The number of aliphatic hydroxyl groups is 1. The first-order chi connectivity index (χ1) is 18.6. The molecule has 2 aliphatic rings. The Bertz CT molecular complexity index is 1130. The van der Waals surface area contributed by atoms with Gasteiger partial charge in [0.1, 0.15) is 24.4 Å². The van der Waals surface area contributed by atoms with Gasteiger partial charge in [0.25, 0.3) is 0 Å². The number of nitrogens with zero attached hydrogens (tertiary/aromatic N) is 1. The predicted molar refractivity (Wildman–Crippen MR) is 162 cm³/mol. The van der Waals surface area contributed by atoms with Crippen LogP contribution in [0.4, 0.5) is 4.79 Å². The van der Waals surface area contributed by atoms with Gasteiger partial charge in [-0.1, -0.05) is 101 Å². The molecule has 0 unspecified atom stereocenters. The summed E-state index contributed by atoms with van der Waals surface area (Å²) in [6, 6.07) is 19.5. The summed E-state index contributed by atoms with van der Waals surface area (Å²) >= 11 is 0. The van der Waals surface area contributed by atoms with E-state index in [4.69, 9.17) is 18.6 Å². The van der Waals surface area contributed by atoms with Crippen molar-refractivity contribution in [1.82, 2.24) is 4.90 Å². The highest BCUT2D eigenvalue weighted by Gasteiger charge is 2.60. The number of ether oxygens (including phenoxy) is 3. The van der Waals surface area contributed by atoms with E-state index in [9.17, 15) is 9.90 Å². The summed E-state index contributed by atoms with van der Waals surface area (Å²) in [5, 5.41) is 12.5. The first kappa shape index (κ1) is 30.9. The average Bonchev–Trinajstić information content (AvgIpc) is 2.88. The van der Waals surface area contributed by atoms with Crippen molar-refractivity contribution < 1.29 is 28.5 Å². The summed E-state index contributed by atoms with van der Waals surface area (Å²) in [5.41, 5.74) is 0.497. The summed E-state index contributed by atoms with van der Waals surface area (Å²) in [6.07, 6.45) is -2.31. The number of benzene rings is 2. The van der Waals surface area contributed by atoms with Crippen molar-refractivity contribution in [2.45, 2.75) is 101 Å². The van der Waals surface area contributed by atoms with Crippen LogP contribution in [0.5, 0.6) is 0 Å². The minimum Gasteiger partial charge on any atom is -0.445 e. The van der Waals surface area contributed by atoms with Gasteiger partial charge in [-0.2, -0.15) is 0 Å². The number of likely N-dealkylation sites (tertiary alicyclic amines) is 1. The minimum absolute atomic E-state index is 0.0711. The third-order valence-corrected chi connectivity index (χ3v) is 14.5. The van der Waals surface area contributed by atoms with Crippen LogP contribution in [0.1, 0.15) is 38.2 Å². The van der Waals surface area contributed by atoms with Crippen molar-refractivity contribution in [3.8, 4) is 0 Å². The molecule has 0 saturated carbocycles. The molecule has 7 nitrogen and oxygen atoms in total. The molecule has 40 heavy (non-hydrogen) atoms. The summed E-state index contributed by atoms with van der Waals surface area (Å²) in [6.45, 7) is 18.2. The number of carbonyl (C=O) groups excluding carboxylic acids is 1. The number of piperidine rings is 1. The average molecular weight is 586 g/mol. The van der Waals surface area contributed by atoms with Gasteiger partial charge < -0.3 is 23.7 Å². The van der Waals surface area contributed by atoms with E-state index in [0.717, 1.165) is 11.1 Å². The zero-order valence-corrected chi connectivity index (χ0v) is 27.3. The number of rotatable bonds is 7. The van der Waals surface area contributed by atoms with Gasteiger partial charge in [-0.05, 0) is 29.7 Å². The summed E-state index contributed by atoms with van der Waals surface area (Å²) in [5.74, 6) is 0. The highest BCUT2D eigenvalue weighted by atomic mass is 28.4. The standard InChI is InChI=1S/C31H47NO6Si2/c1-30(2,3)40(7,8)38-27-26-25(20-35-28(37-26)24-17-13-10-14-18-24)32(21-31(27,34)22-39(4,5)6)29(33)36-19-23-15-11-9-12-16-23/h9-18,25-28,34H,19-22H2,1-8H3/t25-,26-,27+,28-,31+/m1/s1. The predicted octanol–water partition coefficient (Wildman–Crippen LogP) is 6.58. The van der Waals surface area contributed by atoms with Crippen LogP contribution in [0, 0.1) is 0 Å². The molecule has 2 heterocycles. The first-order valence-electron chi connectivity index (χ1n) is 14.3. The van der Waals surface area contributed by atoms with E-state index in [1.165, 1.54) is 0 Å². The Morgan fingerprint density at radius 3 is 2.20 bits per heavy atom. The molecule has 2 aromatic carbocycles. The number of hydrogen-bond acceptors (Lipinski definition) is 6. The van der Waals surface area contributed by atoms with Crippen LogP contribution in [0.25, 0.3) is 0 Å². The second-order valence-corrected chi connectivity index (χ2v) is 24.3. The smallest absolute Gasteiger partial charge is 0.410 e. The summed E-state index contributed by atoms with van der Waals surface area (Å²) < 4.78 is 25.7. The van der Waals surface area contributed by atoms with Gasteiger partial charge in [-0.3, -0.25) is 4.90 Å². The molecule has 2 saturated heterocycles. The van der Waals surface area contributed by atoms with Crippen molar-refractivity contribution in [3.05, 3.63) is 71.8 Å². The molecule has 2 aliphatic heterocycles. The lowest BCUT2D eigenvalue weighted by atomic mass is 9.84. The maximum absolute atomic E-state index is 13.6. The van der Waals surface area contributed by atoms with Crippen LogP contribution in [0.3, 0.4) is 0 Å². The zero-order chi connectivity index (χ0) is 29.3. The molecule has 1 N–H and O–H groups in total. The second kappa shape index (κ2) is 11.7. The third kappa shape index (κ3) is 7.06. The van der Waals surface area contributed by atoms with E-state index >= 15 is 0 Å². The van der Waals surface area contributed by atoms with E-state index < -0.39 is 52.6 Å². The molecule has 2 fully saturated rings. The summed E-state index contributed by atoms with van der Waals surface area (Å²) in [7, 11) is -4.18. The lowest BCUT2D eigenvalue weighted by Crippen LogP contribution is -2.74. The molecule has 0 spiro atoms. The number of β-amino-alcohol motifs (C(OH)–C–C–N with tert-alkyl or cyclic N) is 1. The van der Waals surface area contributed by atoms with E-state index in [1.807, 2.05) is 60.7 Å². The fourth-order valence-electron chi connectivity index (χ4n) is 5.43. The molecular weight excluding hydrogens is 539 g/mol. The van der Waals surface area contributed by atoms with Crippen LogP contribution < -0.4 is 0 Å². The van der Waals surface area contributed by atoms with Crippen molar-refractivity contribution in [3.63, 3.8) is 0 Å². The Morgan fingerprint density at radius 2 is 1.62 bits per heavy atom. The highest BCUT2D eigenvalue weighted by molar-refractivity contribution is 6.76. The number of amides is 1. The molecule has 1 amide bonds. The van der Waals surface area contributed by atoms with Gasteiger partial charge in [0, 0.05) is 13.6 Å². The van der Waals surface area contributed by atoms with Gasteiger partial charge in [0.2, 0.25) is 0 Å². The Labute approximate surface area is 241 Å². The third-order valence-electron chi connectivity index (χ3n) is 8.33. The summed E-state index contributed by atoms with van der Waals surface area (Å²) in [4.78, 5) is 15.3. The van der Waals surface area contributed by atoms with Crippen LogP contribution in [0.2, 0.25) is 43.8 Å². The molecule has 4 rings (SSSR count). The fourth-order valence-corrected chi connectivity index (χ4v) is 8.93. The topological polar surface area (TPSA) is 77.5 Å². The highest BCUT2D eigenvalue weighted by Crippen LogP contribution is 2.46. The van der Waals surface area contributed by atoms with E-state index in [0.29, 0.717) is 6.04 Å². The van der Waals surface area contributed by atoms with Gasteiger partial charge in [0.05, 0.1) is 19.2 Å². The quantitative estimate of drug-likeness (QED) is 0.370. The molecule has 220 valence electrons. The van der Waals surface area contributed by atoms with Gasteiger partial charge in [0.15, 0.2) is 14.6 Å². The maximum Gasteiger partial charge on any atom is 0.410 e. The molecule has 0 aliphatic carbocycles. The van der Waals surface area contributed by atoms with Crippen molar-refractivity contribution in [2.24, 2.45) is 0 Å². The fraction of sp³-hybridized carbons (Fsp3) is 0.581. The van der Waals surface area contributed by atoms with Gasteiger partial charge >= 0.3 is 6.09 Å². The van der Waals surface area contributed by atoms with Gasteiger partial charge in [-0.25, -0.2) is 4.79 Å². The molecule has 9 heteroatoms. The molecule has 5 atom stereocenters. The lowest BCUT2D eigenvalue weighted by molar-refractivity contribution is -0.294. The Morgan fingerprint density at radius 1 is 1.02 bits per heavy atom. The lowest BCUT2D eigenvalue weighted by Gasteiger charge is -2.57. The number of fused-ring (bicyclic) bond motifs is 1. The van der Waals surface area contributed by atoms with Crippen LogP contribution in [-0.4, -0.2) is 69.5 Å². The van der Waals surface area contributed by atoms with E-state index in [2.05, 4.69) is 53.5 Å². The normalized spacial score (nSPS) is 27.7. The maximum atomic E-state index is 13.6. The largest absolute Gasteiger partial charge is 0.445 e. The Kier molecular flexibility index (Phi) is 9.05. The Balaban J connectivity index is 1.71. The number of hydrogen-bond donors (Lipinski definition) is 1. The van der Waals surface area contributed by atoms with Crippen LogP contribution in [0.15, 0.2) is 60.7 Å². The first-order valence-corrected chi connectivity index (χ1v) is 20.9. The molecule has 2 aromatic rings. The van der Waals surface area contributed by atoms with Crippen LogP contribution in [-0.2, 0) is 25.2 Å². The monoisotopic (exact) mass is 585 g/mol. The van der Waals surface area contributed by atoms with Crippen molar-refractivity contribution >= 4 is 22.5 Å². The minimum atomic E-state index is -2.34. The number of carbonyl (C=O) groups is 1. The van der Waals surface area contributed by atoms with Gasteiger partial charge in [-0.15, -0.1) is 0 Å². The molecular formula is C31H47NO6Si2.